The molecule has 2 fully saturated rings. The number of carbonyl (C=O) groups is 1. The number of likely N-dealkylation sites (N-methyl/N-ethyl adjacent to an activating group) is 2. The van der Waals surface area contributed by atoms with Crippen LogP contribution in [0, 0.1) is 11.3 Å². The first kappa shape index (κ1) is 15.0. The Kier molecular flexibility index (Phi) is 5.02. The Labute approximate surface area is 118 Å². The van der Waals surface area contributed by atoms with E-state index in [1.807, 2.05) is 0 Å². The van der Waals surface area contributed by atoms with Crippen molar-refractivity contribution in [3.8, 4) is 0 Å². The molecule has 3 atom stereocenters. The van der Waals surface area contributed by atoms with Crippen molar-refractivity contribution in [2.45, 2.75) is 51.5 Å². The second kappa shape index (κ2) is 6.36. The number of likely N-dealkylation sites (tertiary alicyclic amines) is 1. The van der Waals surface area contributed by atoms with Crippen molar-refractivity contribution in [3.05, 3.63) is 0 Å². The van der Waals surface area contributed by atoms with Gasteiger partial charge in [0.15, 0.2) is 0 Å². The highest BCUT2D eigenvalue weighted by Gasteiger charge is 2.36. The molecule has 0 radical (unpaired) electrons. The molecule has 1 aliphatic carbocycles. The number of aldehydes is 1. The molecule has 1 heterocycles. The van der Waals surface area contributed by atoms with Crippen LogP contribution in [-0.4, -0.2) is 55.9 Å². The van der Waals surface area contributed by atoms with Gasteiger partial charge in [0.1, 0.15) is 6.29 Å². The SMILES string of the molecule is CC1CCCC(C=O)(CN(C)CC2CCCN2C)C1. The van der Waals surface area contributed by atoms with Crippen molar-refractivity contribution >= 4 is 6.29 Å². The van der Waals surface area contributed by atoms with Crippen molar-refractivity contribution in [1.29, 1.82) is 0 Å². The van der Waals surface area contributed by atoms with Crippen LogP contribution in [0.15, 0.2) is 0 Å². The van der Waals surface area contributed by atoms with Crippen LogP contribution in [0.1, 0.15) is 45.4 Å². The Morgan fingerprint density at radius 1 is 1.37 bits per heavy atom. The van der Waals surface area contributed by atoms with Crippen LogP contribution in [0.25, 0.3) is 0 Å². The van der Waals surface area contributed by atoms with Gasteiger partial charge in [-0.05, 0) is 52.2 Å². The summed E-state index contributed by atoms with van der Waals surface area (Å²) in [6.07, 6.45) is 8.59. The van der Waals surface area contributed by atoms with Gasteiger partial charge in [-0.15, -0.1) is 0 Å². The van der Waals surface area contributed by atoms with Crippen LogP contribution in [-0.2, 0) is 4.79 Å². The average Bonchev–Trinajstić information content (AvgIpc) is 2.75. The molecule has 1 saturated carbocycles. The van der Waals surface area contributed by atoms with Gasteiger partial charge in [0.2, 0.25) is 0 Å². The largest absolute Gasteiger partial charge is 0.304 e. The number of hydrogen-bond donors (Lipinski definition) is 0. The predicted octanol–water partition coefficient (Wildman–Crippen LogP) is 2.41. The molecule has 1 aliphatic heterocycles. The molecule has 0 bridgehead atoms. The molecule has 2 aliphatic rings. The zero-order valence-electron chi connectivity index (χ0n) is 12.9. The van der Waals surface area contributed by atoms with E-state index >= 15 is 0 Å². The summed E-state index contributed by atoms with van der Waals surface area (Å²) in [5.74, 6) is 0.710. The van der Waals surface area contributed by atoms with Crippen molar-refractivity contribution in [2.24, 2.45) is 11.3 Å². The summed E-state index contributed by atoms with van der Waals surface area (Å²) in [4.78, 5) is 16.5. The molecule has 3 nitrogen and oxygen atoms in total. The lowest BCUT2D eigenvalue weighted by molar-refractivity contribution is -0.120. The maximum Gasteiger partial charge on any atom is 0.127 e. The fourth-order valence-electron chi connectivity index (χ4n) is 4.16. The van der Waals surface area contributed by atoms with Crippen LogP contribution in [0.4, 0.5) is 0 Å². The topological polar surface area (TPSA) is 23.6 Å². The molecule has 0 spiro atoms. The normalized spacial score (nSPS) is 36.8. The minimum absolute atomic E-state index is 0.0659. The first-order valence-corrected chi connectivity index (χ1v) is 7.90. The molecule has 0 amide bonds. The van der Waals surface area contributed by atoms with Gasteiger partial charge in [-0.3, -0.25) is 0 Å². The molecule has 2 rings (SSSR count). The van der Waals surface area contributed by atoms with Crippen LogP contribution >= 0.6 is 0 Å². The number of hydrogen-bond acceptors (Lipinski definition) is 3. The average molecular weight is 266 g/mol. The predicted molar refractivity (Wildman–Crippen MR) is 79.3 cm³/mol. The Hall–Kier alpha value is -0.410. The smallest absolute Gasteiger partial charge is 0.127 e. The summed E-state index contributed by atoms with van der Waals surface area (Å²) in [6.45, 7) is 5.59. The zero-order chi connectivity index (χ0) is 13.9. The lowest BCUT2D eigenvalue weighted by atomic mass is 9.70. The third-order valence-electron chi connectivity index (χ3n) is 5.16. The molecular weight excluding hydrogens is 236 g/mol. The maximum atomic E-state index is 11.6. The van der Waals surface area contributed by atoms with Crippen molar-refractivity contribution < 1.29 is 4.79 Å². The second-order valence-electron chi connectivity index (χ2n) is 7.16. The third kappa shape index (κ3) is 3.79. The van der Waals surface area contributed by atoms with E-state index in [-0.39, 0.29) is 5.41 Å². The monoisotopic (exact) mass is 266 g/mol. The van der Waals surface area contributed by atoms with E-state index in [0.717, 1.165) is 25.9 Å². The van der Waals surface area contributed by atoms with Crippen LogP contribution in [0.2, 0.25) is 0 Å². The van der Waals surface area contributed by atoms with Crippen LogP contribution in [0.5, 0.6) is 0 Å². The van der Waals surface area contributed by atoms with Crippen molar-refractivity contribution in [3.63, 3.8) is 0 Å². The van der Waals surface area contributed by atoms with E-state index in [1.165, 1.54) is 38.5 Å². The van der Waals surface area contributed by atoms with E-state index < -0.39 is 0 Å². The first-order valence-electron chi connectivity index (χ1n) is 7.90. The van der Waals surface area contributed by atoms with E-state index in [4.69, 9.17) is 0 Å². The summed E-state index contributed by atoms with van der Waals surface area (Å²) in [7, 11) is 4.42. The molecule has 0 aromatic carbocycles. The van der Waals surface area contributed by atoms with Gasteiger partial charge in [0, 0.05) is 24.5 Å². The van der Waals surface area contributed by atoms with E-state index in [9.17, 15) is 4.79 Å². The summed E-state index contributed by atoms with van der Waals surface area (Å²) in [5.41, 5.74) is -0.0659. The molecule has 1 saturated heterocycles. The number of rotatable bonds is 5. The van der Waals surface area contributed by atoms with E-state index in [2.05, 4.69) is 30.8 Å². The van der Waals surface area contributed by atoms with Gasteiger partial charge >= 0.3 is 0 Å². The minimum atomic E-state index is -0.0659. The Morgan fingerprint density at radius 2 is 2.16 bits per heavy atom. The first-order chi connectivity index (χ1) is 9.04. The van der Waals surface area contributed by atoms with Gasteiger partial charge in [0.05, 0.1) is 0 Å². The Morgan fingerprint density at radius 3 is 2.74 bits per heavy atom. The lowest BCUT2D eigenvalue weighted by Gasteiger charge is -2.39. The molecule has 3 unspecified atom stereocenters. The fourth-order valence-corrected chi connectivity index (χ4v) is 4.16. The zero-order valence-corrected chi connectivity index (χ0v) is 12.9. The van der Waals surface area contributed by atoms with Gasteiger partial charge in [-0.2, -0.15) is 0 Å². The number of carbonyl (C=O) groups excluding carboxylic acids is 1. The van der Waals surface area contributed by atoms with Gasteiger partial charge in [0.25, 0.3) is 0 Å². The fraction of sp³-hybridized carbons (Fsp3) is 0.938. The molecule has 0 aromatic rings. The molecule has 3 heteroatoms. The Bertz CT molecular complexity index is 307. The van der Waals surface area contributed by atoms with E-state index in [0.29, 0.717) is 12.0 Å². The highest BCUT2D eigenvalue weighted by atomic mass is 16.1. The molecule has 0 aromatic heterocycles. The Balaban J connectivity index is 1.88. The third-order valence-corrected chi connectivity index (χ3v) is 5.16. The van der Waals surface area contributed by atoms with Crippen LogP contribution < -0.4 is 0 Å². The van der Waals surface area contributed by atoms with Crippen molar-refractivity contribution in [1.82, 2.24) is 9.80 Å². The second-order valence-corrected chi connectivity index (χ2v) is 7.16. The van der Waals surface area contributed by atoms with E-state index in [1.54, 1.807) is 0 Å². The molecule has 0 N–H and O–H groups in total. The van der Waals surface area contributed by atoms with Gasteiger partial charge in [-0.1, -0.05) is 19.8 Å². The molecular formula is C16H30N2O. The highest BCUT2D eigenvalue weighted by Crippen LogP contribution is 2.38. The molecule has 19 heavy (non-hydrogen) atoms. The summed E-state index contributed by atoms with van der Waals surface area (Å²) < 4.78 is 0. The maximum absolute atomic E-state index is 11.6. The van der Waals surface area contributed by atoms with Gasteiger partial charge < -0.3 is 14.6 Å². The quantitative estimate of drug-likeness (QED) is 0.714. The summed E-state index contributed by atoms with van der Waals surface area (Å²) in [5, 5.41) is 0. The minimum Gasteiger partial charge on any atom is -0.304 e. The van der Waals surface area contributed by atoms with Crippen LogP contribution in [0.3, 0.4) is 0 Å². The summed E-state index contributed by atoms with van der Waals surface area (Å²) >= 11 is 0. The van der Waals surface area contributed by atoms with Crippen molar-refractivity contribution in [2.75, 3.05) is 33.7 Å². The standard InChI is InChI=1S/C16H30N2O/c1-14-6-4-8-16(10-14,13-19)12-17(2)11-15-7-5-9-18(15)3/h13-15H,4-12H2,1-3H3. The highest BCUT2D eigenvalue weighted by molar-refractivity contribution is 5.60. The number of nitrogens with zero attached hydrogens (tertiary/aromatic N) is 2. The lowest BCUT2D eigenvalue weighted by Crippen LogP contribution is -2.44. The summed E-state index contributed by atoms with van der Waals surface area (Å²) in [6, 6.07) is 0.690. The van der Waals surface area contributed by atoms with Gasteiger partial charge in [-0.25, -0.2) is 0 Å². The molecule has 110 valence electrons.